The summed E-state index contributed by atoms with van der Waals surface area (Å²) in [4.78, 5) is 4.43. The Kier molecular flexibility index (Phi) is 3.94. The van der Waals surface area contributed by atoms with E-state index < -0.39 is 6.36 Å². The summed E-state index contributed by atoms with van der Waals surface area (Å²) in [6.07, 6.45) is -0.171. The van der Waals surface area contributed by atoms with E-state index in [1.54, 1.807) is 0 Å². The molecule has 0 atom stereocenters. The summed E-state index contributed by atoms with van der Waals surface area (Å²) in [5.74, 6) is 1.04. The van der Waals surface area contributed by atoms with Gasteiger partial charge in [0.2, 0.25) is 0 Å². The number of benzene rings is 1. The van der Waals surface area contributed by atoms with Crippen molar-refractivity contribution < 1.29 is 22.4 Å². The maximum Gasteiger partial charge on any atom is 0.573 e. The fourth-order valence-corrected chi connectivity index (χ4v) is 3.85. The summed E-state index contributed by atoms with van der Waals surface area (Å²) in [6.45, 7) is 2.13. The number of hydrogen-bond acceptors (Lipinski definition) is 5. The van der Waals surface area contributed by atoms with Crippen molar-refractivity contribution in [2.45, 2.75) is 38.0 Å². The largest absolute Gasteiger partial charge is 0.573 e. The van der Waals surface area contributed by atoms with Crippen LogP contribution in [0.4, 0.5) is 13.2 Å². The zero-order chi connectivity index (χ0) is 17.5. The second-order valence-electron chi connectivity index (χ2n) is 6.89. The number of nitrogens with zero attached hydrogens (tertiary/aromatic N) is 2. The van der Waals surface area contributed by atoms with Gasteiger partial charge in [-0.15, -0.1) is 13.2 Å². The van der Waals surface area contributed by atoms with Gasteiger partial charge in [0.25, 0.3) is 5.89 Å². The van der Waals surface area contributed by atoms with E-state index in [4.69, 9.17) is 4.52 Å². The first-order chi connectivity index (χ1) is 11.9. The molecule has 0 amide bonds. The van der Waals surface area contributed by atoms with Gasteiger partial charge in [-0.2, -0.15) is 4.98 Å². The topological polar surface area (TPSA) is 60.2 Å². The van der Waals surface area contributed by atoms with Crippen LogP contribution in [-0.2, 0) is 0 Å². The molecule has 2 aromatic rings. The van der Waals surface area contributed by atoms with Gasteiger partial charge in [-0.25, -0.2) is 0 Å². The van der Waals surface area contributed by atoms with Gasteiger partial charge < -0.3 is 14.6 Å². The average molecular weight is 353 g/mol. The minimum absolute atomic E-state index is 0.275. The normalized spacial score (nSPS) is 20.4. The summed E-state index contributed by atoms with van der Waals surface area (Å²) < 4.78 is 45.7. The standard InChI is InChI=1S/C17H18F3N3O2/c18-17(19,20)24-13-3-1-11(2-4-13)15-22-14(23-25-15)12-9-16(10-12)5-7-21-8-6-16/h1-4,12,21H,5-10H2. The molecule has 0 radical (unpaired) electrons. The van der Waals surface area contributed by atoms with Gasteiger partial charge >= 0.3 is 6.36 Å². The van der Waals surface area contributed by atoms with Crippen molar-refractivity contribution in [3.05, 3.63) is 30.1 Å². The molecule has 2 heterocycles. The van der Waals surface area contributed by atoms with Crippen molar-refractivity contribution in [2.75, 3.05) is 13.1 Å². The summed E-state index contributed by atoms with van der Waals surface area (Å²) in [5, 5.41) is 7.44. The van der Waals surface area contributed by atoms with Gasteiger partial charge in [0, 0.05) is 11.5 Å². The maximum absolute atomic E-state index is 12.2. The Morgan fingerprint density at radius 3 is 2.44 bits per heavy atom. The highest BCUT2D eigenvalue weighted by Crippen LogP contribution is 2.55. The molecule has 2 fully saturated rings. The van der Waals surface area contributed by atoms with Gasteiger partial charge in [0.15, 0.2) is 5.82 Å². The molecule has 1 aromatic heterocycles. The lowest BCUT2D eigenvalue weighted by molar-refractivity contribution is -0.274. The van der Waals surface area contributed by atoms with Gasteiger partial charge in [-0.05, 0) is 68.5 Å². The third kappa shape index (κ3) is 3.49. The van der Waals surface area contributed by atoms with E-state index in [2.05, 4.69) is 20.2 Å². The SMILES string of the molecule is FC(F)(F)Oc1ccc(-c2nc(C3CC4(CCNCC4)C3)no2)cc1. The Balaban J connectivity index is 1.41. The van der Waals surface area contributed by atoms with Crippen molar-refractivity contribution in [2.24, 2.45) is 5.41 Å². The van der Waals surface area contributed by atoms with Crippen LogP contribution in [0.2, 0.25) is 0 Å². The highest BCUT2D eigenvalue weighted by Gasteiger charge is 2.46. The van der Waals surface area contributed by atoms with E-state index in [-0.39, 0.29) is 5.75 Å². The Bertz CT molecular complexity index is 728. The molecular formula is C17H18F3N3O2. The van der Waals surface area contributed by atoms with Crippen LogP contribution >= 0.6 is 0 Å². The zero-order valence-electron chi connectivity index (χ0n) is 13.5. The van der Waals surface area contributed by atoms with Crippen molar-refractivity contribution in [3.8, 4) is 17.2 Å². The lowest BCUT2D eigenvalue weighted by Crippen LogP contribution is -2.44. The van der Waals surface area contributed by atoms with Crippen LogP contribution in [0.15, 0.2) is 28.8 Å². The van der Waals surface area contributed by atoms with Crippen LogP contribution in [0.1, 0.15) is 37.4 Å². The van der Waals surface area contributed by atoms with E-state index in [0.717, 1.165) is 25.9 Å². The molecule has 1 aromatic carbocycles. The van der Waals surface area contributed by atoms with Gasteiger partial charge in [-0.3, -0.25) is 0 Å². The van der Waals surface area contributed by atoms with E-state index in [9.17, 15) is 13.2 Å². The molecule has 1 spiro atoms. The van der Waals surface area contributed by atoms with E-state index in [0.29, 0.717) is 28.6 Å². The molecule has 1 saturated heterocycles. The van der Waals surface area contributed by atoms with Crippen LogP contribution in [0.3, 0.4) is 0 Å². The minimum atomic E-state index is -4.70. The van der Waals surface area contributed by atoms with Gasteiger partial charge in [0.05, 0.1) is 0 Å². The molecule has 1 aliphatic heterocycles. The summed E-state index contributed by atoms with van der Waals surface area (Å²) in [6, 6.07) is 5.43. The lowest BCUT2D eigenvalue weighted by Gasteiger charge is -2.49. The second-order valence-corrected chi connectivity index (χ2v) is 6.89. The molecule has 1 N–H and O–H groups in total. The third-order valence-corrected chi connectivity index (χ3v) is 5.16. The Labute approximate surface area is 142 Å². The van der Waals surface area contributed by atoms with Gasteiger partial charge in [0.1, 0.15) is 5.75 Å². The molecule has 25 heavy (non-hydrogen) atoms. The molecule has 0 unspecified atom stereocenters. The zero-order valence-corrected chi connectivity index (χ0v) is 13.5. The predicted molar refractivity (Wildman–Crippen MR) is 82.9 cm³/mol. The fraction of sp³-hybridized carbons (Fsp3) is 0.529. The average Bonchev–Trinajstić information content (AvgIpc) is 3.02. The number of rotatable bonds is 3. The Hall–Kier alpha value is -2.09. The lowest BCUT2D eigenvalue weighted by atomic mass is 9.57. The third-order valence-electron chi connectivity index (χ3n) is 5.16. The first-order valence-electron chi connectivity index (χ1n) is 8.33. The smallest absolute Gasteiger partial charge is 0.406 e. The van der Waals surface area contributed by atoms with Crippen LogP contribution in [-0.4, -0.2) is 29.6 Å². The Morgan fingerprint density at radius 2 is 1.80 bits per heavy atom. The molecule has 8 heteroatoms. The van der Waals surface area contributed by atoms with Crippen molar-refractivity contribution in [1.29, 1.82) is 0 Å². The first kappa shape index (κ1) is 16.4. The molecule has 1 aliphatic carbocycles. The van der Waals surface area contributed by atoms with Gasteiger partial charge in [-0.1, -0.05) is 5.16 Å². The molecule has 1 saturated carbocycles. The summed E-state index contributed by atoms with van der Waals surface area (Å²) in [5.41, 5.74) is 0.997. The quantitative estimate of drug-likeness (QED) is 0.907. The number of aromatic nitrogens is 2. The monoisotopic (exact) mass is 353 g/mol. The number of alkyl halides is 3. The number of hydrogen-bond donors (Lipinski definition) is 1. The first-order valence-corrected chi connectivity index (χ1v) is 8.33. The van der Waals surface area contributed by atoms with Crippen LogP contribution < -0.4 is 10.1 Å². The number of halogens is 3. The van der Waals surface area contributed by atoms with Crippen LogP contribution in [0.25, 0.3) is 11.5 Å². The number of nitrogens with one attached hydrogen (secondary N) is 1. The van der Waals surface area contributed by atoms with E-state index in [1.165, 1.54) is 37.1 Å². The minimum Gasteiger partial charge on any atom is -0.406 e. The summed E-state index contributed by atoms with van der Waals surface area (Å²) in [7, 11) is 0. The van der Waals surface area contributed by atoms with Crippen molar-refractivity contribution in [1.82, 2.24) is 15.5 Å². The molecule has 134 valence electrons. The molecular weight excluding hydrogens is 335 g/mol. The van der Waals surface area contributed by atoms with Crippen LogP contribution in [0, 0.1) is 5.41 Å². The fourth-order valence-electron chi connectivity index (χ4n) is 3.85. The predicted octanol–water partition coefficient (Wildman–Crippen LogP) is 3.88. The Morgan fingerprint density at radius 1 is 1.12 bits per heavy atom. The van der Waals surface area contributed by atoms with E-state index in [1.807, 2.05) is 0 Å². The van der Waals surface area contributed by atoms with Crippen LogP contribution in [0.5, 0.6) is 5.75 Å². The van der Waals surface area contributed by atoms with E-state index >= 15 is 0 Å². The summed E-state index contributed by atoms with van der Waals surface area (Å²) >= 11 is 0. The number of ether oxygens (including phenoxy) is 1. The molecule has 0 bridgehead atoms. The van der Waals surface area contributed by atoms with Crippen molar-refractivity contribution >= 4 is 0 Å². The maximum atomic E-state index is 12.2. The number of piperidine rings is 1. The molecule has 4 rings (SSSR count). The van der Waals surface area contributed by atoms with Crippen molar-refractivity contribution in [3.63, 3.8) is 0 Å². The molecule has 2 aliphatic rings. The highest BCUT2D eigenvalue weighted by molar-refractivity contribution is 5.54. The second kappa shape index (κ2) is 6.01. The highest BCUT2D eigenvalue weighted by atomic mass is 19.4. The molecule has 5 nitrogen and oxygen atoms in total.